The van der Waals surface area contributed by atoms with Crippen molar-refractivity contribution in [1.82, 2.24) is 16.0 Å². The van der Waals surface area contributed by atoms with Crippen LogP contribution in [0, 0.1) is 0 Å². The van der Waals surface area contributed by atoms with Gasteiger partial charge in [-0.05, 0) is 46.3 Å². The predicted molar refractivity (Wildman–Crippen MR) is 77.6 cm³/mol. The van der Waals surface area contributed by atoms with Crippen molar-refractivity contribution in [1.29, 1.82) is 0 Å². The van der Waals surface area contributed by atoms with Gasteiger partial charge in [0.15, 0.2) is 5.11 Å². The van der Waals surface area contributed by atoms with Gasteiger partial charge in [0, 0.05) is 25.8 Å². The molecule has 18 heavy (non-hydrogen) atoms. The minimum atomic E-state index is -0.355. The molecule has 0 aliphatic heterocycles. The van der Waals surface area contributed by atoms with Crippen molar-refractivity contribution in [3.63, 3.8) is 0 Å². The lowest BCUT2D eigenvalue weighted by molar-refractivity contribution is -0.123. The highest BCUT2D eigenvalue weighted by Gasteiger charge is 2.19. The van der Waals surface area contributed by atoms with Crippen molar-refractivity contribution in [2.24, 2.45) is 0 Å². The number of rotatable bonds is 6. The summed E-state index contributed by atoms with van der Waals surface area (Å²) in [5, 5.41) is 9.35. The van der Waals surface area contributed by atoms with Crippen molar-refractivity contribution in [3.8, 4) is 0 Å². The number of carbonyl (C=O) groups is 1. The zero-order valence-electron chi connectivity index (χ0n) is 11.9. The fraction of sp³-hybridized carbons (Fsp3) is 0.833. The van der Waals surface area contributed by atoms with Crippen LogP contribution in [0.2, 0.25) is 0 Å². The van der Waals surface area contributed by atoms with E-state index in [0.717, 1.165) is 13.0 Å². The van der Waals surface area contributed by atoms with E-state index in [4.69, 9.17) is 17.0 Å². The highest BCUT2D eigenvalue weighted by Crippen LogP contribution is 1.99. The zero-order valence-corrected chi connectivity index (χ0v) is 12.7. The summed E-state index contributed by atoms with van der Waals surface area (Å²) in [5.74, 6) is -0.0662. The van der Waals surface area contributed by atoms with E-state index in [1.165, 1.54) is 0 Å². The second-order valence-electron chi connectivity index (χ2n) is 5.21. The normalized spacial score (nSPS) is 12.7. The van der Waals surface area contributed by atoms with Gasteiger partial charge in [0.25, 0.3) is 0 Å². The van der Waals surface area contributed by atoms with Crippen LogP contribution in [-0.2, 0) is 9.53 Å². The van der Waals surface area contributed by atoms with E-state index in [1.807, 2.05) is 20.8 Å². The van der Waals surface area contributed by atoms with Gasteiger partial charge in [0.2, 0.25) is 5.91 Å². The molecule has 0 spiro atoms. The van der Waals surface area contributed by atoms with E-state index in [0.29, 0.717) is 11.7 Å². The van der Waals surface area contributed by atoms with Gasteiger partial charge in [-0.2, -0.15) is 0 Å². The Hall–Kier alpha value is -0.880. The molecule has 0 saturated carbocycles. The molecule has 0 aromatic heterocycles. The van der Waals surface area contributed by atoms with Crippen LogP contribution in [0.3, 0.4) is 0 Å². The van der Waals surface area contributed by atoms with E-state index >= 15 is 0 Å². The molecular weight excluding hydrogens is 250 g/mol. The van der Waals surface area contributed by atoms with Gasteiger partial charge in [-0.25, -0.2) is 0 Å². The Bertz CT molecular complexity index is 277. The SMILES string of the molecule is COCCCNC(=S)NC(C)C(=O)NC(C)(C)C. The monoisotopic (exact) mass is 275 g/mol. The number of methoxy groups -OCH3 is 1. The maximum absolute atomic E-state index is 11.8. The fourth-order valence-electron chi connectivity index (χ4n) is 1.21. The maximum Gasteiger partial charge on any atom is 0.242 e. The van der Waals surface area contributed by atoms with Crippen LogP contribution in [0.4, 0.5) is 0 Å². The number of hydrogen-bond donors (Lipinski definition) is 3. The number of hydrogen-bond acceptors (Lipinski definition) is 3. The Morgan fingerprint density at radius 1 is 1.39 bits per heavy atom. The smallest absolute Gasteiger partial charge is 0.242 e. The van der Waals surface area contributed by atoms with Gasteiger partial charge < -0.3 is 20.7 Å². The summed E-state index contributed by atoms with van der Waals surface area (Å²) in [7, 11) is 1.66. The molecule has 0 rings (SSSR count). The summed E-state index contributed by atoms with van der Waals surface area (Å²) >= 11 is 5.10. The van der Waals surface area contributed by atoms with Crippen molar-refractivity contribution >= 4 is 23.2 Å². The van der Waals surface area contributed by atoms with E-state index < -0.39 is 0 Å². The van der Waals surface area contributed by atoms with Gasteiger partial charge in [0.05, 0.1) is 0 Å². The van der Waals surface area contributed by atoms with Gasteiger partial charge in [-0.1, -0.05) is 0 Å². The predicted octanol–water partition coefficient (Wildman–Crippen LogP) is 0.790. The molecule has 0 aliphatic rings. The Morgan fingerprint density at radius 3 is 2.50 bits per heavy atom. The summed E-state index contributed by atoms with van der Waals surface area (Å²) in [6.07, 6.45) is 0.876. The highest BCUT2D eigenvalue weighted by molar-refractivity contribution is 7.80. The third-order valence-electron chi connectivity index (χ3n) is 2.05. The molecule has 0 aliphatic carbocycles. The molecule has 0 aromatic carbocycles. The molecule has 1 amide bonds. The quantitative estimate of drug-likeness (QED) is 0.494. The van der Waals surface area contributed by atoms with Gasteiger partial charge in [-0.15, -0.1) is 0 Å². The lowest BCUT2D eigenvalue weighted by Gasteiger charge is -2.24. The second kappa shape index (κ2) is 8.26. The molecule has 5 nitrogen and oxygen atoms in total. The van der Waals surface area contributed by atoms with E-state index in [-0.39, 0.29) is 17.5 Å². The van der Waals surface area contributed by atoms with Crippen LogP contribution in [0.1, 0.15) is 34.1 Å². The summed E-state index contributed by atoms with van der Waals surface area (Å²) in [6, 6.07) is -0.355. The molecule has 106 valence electrons. The average molecular weight is 275 g/mol. The van der Waals surface area contributed by atoms with Crippen molar-refractivity contribution in [3.05, 3.63) is 0 Å². The first kappa shape index (κ1) is 17.1. The summed E-state index contributed by atoms with van der Waals surface area (Å²) < 4.78 is 4.93. The minimum absolute atomic E-state index is 0.0662. The van der Waals surface area contributed by atoms with E-state index in [1.54, 1.807) is 14.0 Å². The van der Waals surface area contributed by atoms with Crippen molar-refractivity contribution < 1.29 is 9.53 Å². The first-order valence-electron chi connectivity index (χ1n) is 6.11. The van der Waals surface area contributed by atoms with E-state index in [2.05, 4.69) is 16.0 Å². The highest BCUT2D eigenvalue weighted by atomic mass is 32.1. The molecule has 6 heteroatoms. The largest absolute Gasteiger partial charge is 0.385 e. The third-order valence-corrected chi connectivity index (χ3v) is 2.31. The molecule has 0 bridgehead atoms. The minimum Gasteiger partial charge on any atom is -0.385 e. The topological polar surface area (TPSA) is 62.4 Å². The van der Waals surface area contributed by atoms with Crippen LogP contribution >= 0.6 is 12.2 Å². The molecule has 1 atom stereocenters. The van der Waals surface area contributed by atoms with Crippen molar-refractivity contribution in [2.45, 2.75) is 45.7 Å². The molecule has 0 heterocycles. The van der Waals surface area contributed by atoms with Gasteiger partial charge >= 0.3 is 0 Å². The van der Waals surface area contributed by atoms with Crippen molar-refractivity contribution in [2.75, 3.05) is 20.3 Å². The van der Waals surface area contributed by atoms with Gasteiger partial charge in [0.1, 0.15) is 6.04 Å². The number of carbonyl (C=O) groups excluding carboxylic acids is 1. The molecule has 1 unspecified atom stereocenters. The fourth-order valence-corrected chi connectivity index (χ4v) is 1.49. The van der Waals surface area contributed by atoms with Crippen LogP contribution in [-0.4, -0.2) is 42.9 Å². The van der Waals surface area contributed by atoms with Crippen LogP contribution in [0.15, 0.2) is 0 Å². The Kier molecular flexibility index (Phi) is 7.86. The second-order valence-corrected chi connectivity index (χ2v) is 5.62. The maximum atomic E-state index is 11.8. The molecule has 0 saturated heterocycles. The molecule has 0 radical (unpaired) electrons. The molecule has 0 fully saturated rings. The summed E-state index contributed by atoms with van der Waals surface area (Å²) in [5.41, 5.74) is -0.236. The number of ether oxygens (including phenoxy) is 1. The third kappa shape index (κ3) is 9.18. The number of nitrogens with one attached hydrogen (secondary N) is 3. The van der Waals surface area contributed by atoms with E-state index in [9.17, 15) is 4.79 Å². The molecule has 0 aromatic rings. The number of amides is 1. The standard InChI is InChI=1S/C12H25N3O2S/c1-9(10(16)15-12(2,3)4)14-11(18)13-7-6-8-17-5/h9H,6-8H2,1-5H3,(H,15,16)(H2,13,14,18). The zero-order chi connectivity index (χ0) is 14.2. The Balaban J connectivity index is 3.89. The first-order chi connectivity index (χ1) is 8.26. The van der Waals surface area contributed by atoms with Gasteiger partial charge in [-0.3, -0.25) is 4.79 Å². The Labute approximate surface area is 115 Å². The Morgan fingerprint density at radius 2 is 2.00 bits per heavy atom. The molecular formula is C12H25N3O2S. The molecule has 3 N–H and O–H groups in total. The lowest BCUT2D eigenvalue weighted by Crippen LogP contribution is -2.52. The summed E-state index contributed by atoms with van der Waals surface area (Å²) in [6.45, 7) is 9.03. The average Bonchev–Trinajstić information content (AvgIpc) is 2.22. The van der Waals surface area contributed by atoms with Crippen LogP contribution in [0.25, 0.3) is 0 Å². The van der Waals surface area contributed by atoms with Crippen LogP contribution < -0.4 is 16.0 Å². The first-order valence-corrected chi connectivity index (χ1v) is 6.52. The van der Waals surface area contributed by atoms with Crippen LogP contribution in [0.5, 0.6) is 0 Å². The summed E-state index contributed by atoms with van der Waals surface area (Å²) in [4.78, 5) is 11.8. The lowest BCUT2D eigenvalue weighted by atomic mass is 10.1. The number of thiocarbonyl (C=S) groups is 1.